The van der Waals surface area contributed by atoms with Crippen molar-refractivity contribution >= 4 is 52.2 Å². The molecule has 11 nitrogen and oxygen atoms in total. The molecule has 4 rings (SSSR count). The molecule has 0 radical (unpaired) electrons. The van der Waals surface area contributed by atoms with Gasteiger partial charge in [0.15, 0.2) is 0 Å². The van der Waals surface area contributed by atoms with Gasteiger partial charge in [-0.2, -0.15) is 0 Å². The fourth-order valence-electron chi connectivity index (χ4n) is 3.79. The van der Waals surface area contributed by atoms with Crippen LogP contribution in [0.5, 0.6) is 17.2 Å². The van der Waals surface area contributed by atoms with Crippen LogP contribution in [0.1, 0.15) is 0 Å². The van der Waals surface area contributed by atoms with Gasteiger partial charge in [-0.1, -0.05) is 23.2 Å². The van der Waals surface area contributed by atoms with Gasteiger partial charge in [-0.3, -0.25) is 9.80 Å². The Morgan fingerprint density at radius 3 is 2.36 bits per heavy atom. The lowest BCUT2D eigenvalue weighted by molar-refractivity contribution is 0.0322. The summed E-state index contributed by atoms with van der Waals surface area (Å²) in [5.41, 5.74) is 0.959. The van der Waals surface area contributed by atoms with Crippen LogP contribution in [0, 0.1) is 0 Å². The zero-order valence-corrected chi connectivity index (χ0v) is 23.4. The summed E-state index contributed by atoms with van der Waals surface area (Å²) in [4.78, 5) is 25.1. The van der Waals surface area contributed by atoms with Crippen LogP contribution in [-0.4, -0.2) is 81.6 Å². The Morgan fingerprint density at radius 2 is 1.72 bits per heavy atom. The highest BCUT2D eigenvalue weighted by molar-refractivity contribution is 6.41. The molecule has 1 aliphatic heterocycles. The van der Waals surface area contributed by atoms with Gasteiger partial charge < -0.3 is 29.6 Å². The number of nitrogens with one attached hydrogen (secondary N) is 2. The van der Waals surface area contributed by atoms with E-state index in [-0.39, 0.29) is 15.7 Å². The topological polar surface area (TPSA) is 110 Å². The molecule has 1 aromatic heterocycles. The fourth-order valence-corrected chi connectivity index (χ4v) is 4.38. The van der Waals surface area contributed by atoms with E-state index in [9.17, 15) is 4.79 Å². The number of aromatic nitrogens is 2. The first-order chi connectivity index (χ1) is 18.9. The maximum atomic E-state index is 13.0. The van der Waals surface area contributed by atoms with Crippen molar-refractivity contribution in [3.8, 4) is 17.2 Å². The zero-order valence-electron chi connectivity index (χ0n) is 21.9. The molecule has 0 atom stereocenters. The van der Waals surface area contributed by atoms with Gasteiger partial charge in [0.2, 0.25) is 0 Å². The summed E-state index contributed by atoms with van der Waals surface area (Å²) in [6.07, 6.45) is 1.36. The van der Waals surface area contributed by atoms with Crippen LogP contribution in [0.3, 0.4) is 0 Å². The summed E-state index contributed by atoms with van der Waals surface area (Å²) in [6, 6.07) is 10.2. The quantitative estimate of drug-likeness (QED) is 0.347. The van der Waals surface area contributed by atoms with E-state index in [0.717, 1.165) is 44.3 Å². The molecule has 2 N–H and O–H groups in total. The van der Waals surface area contributed by atoms with Crippen molar-refractivity contribution in [1.82, 2.24) is 14.9 Å². The number of hydrogen-bond donors (Lipinski definition) is 2. The second-order valence-corrected chi connectivity index (χ2v) is 9.24. The van der Waals surface area contributed by atoms with Gasteiger partial charge in [-0.25, -0.2) is 14.8 Å². The average molecular weight is 577 g/mol. The number of methoxy groups -OCH3 is 2. The minimum Gasteiger partial charge on any atom is -0.495 e. The fraction of sp³-hybridized carbons (Fsp3) is 0.346. The smallest absolute Gasteiger partial charge is 0.327 e. The molecule has 1 aliphatic rings. The first kappa shape index (κ1) is 28.5. The molecule has 0 unspecified atom stereocenters. The number of hydrogen-bond acceptors (Lipinski definition) is 9. The van der Waals surface area contributed by atoms with Crippen molar-refractivity contribution in [1.29, 1.82) is 0 Å². The van der Waals surface area contributed by atoms with Crippen LogP contribution in [0.4, 0.5) is 27.8 Å². The average Bonchev–Trinajstić information content (AvgIpc) is 2.96. The third kappa shape index (κ3) is 7.33. The molecular formula is C26H30Cl2N6O5. The first-order valence-corrected chi connectivity index (χ1v) is 12.9. The van der Waals surface area contributed by atoms with Gasteiger partial charge in [0.1, 0.15) is 51.9 Å². The van der Waals surface area contributed by atoms with Gasteiger partial charge in [0, 0.05) is 44.5 Å². The molecule has 0 aliphatic carbocycles. The number of rotatable bonds is 10. The van der Waals surface area contributed by atoms with Crippen molar-refractivity contribution in [3.05, 3.63) is 52.8 Å². The van der Waals surface area contributed by atoms with E-state index in [1.165, 1.54) is 31.5 Å². The van der Waals surface area contributed by atoms with E-state index in [2.05, 4.69) is 25.5 Å². The Hall–Kier alpha value is -3.51. The highest BCUT2D eigenvalue weighted by atomic mass is 35.5. The molecule has 2 heterocycles. The number of benzene rings is 2. The number of morpholine rings is 1. The number of urea groups is 1. The lowest BCUT2D eigenvalue weighted by Gasteiger charge is -2.26. The molecule has 2 aromatic carbocycles. The lowest BCUT2D eigenvalue weighted by atomic mass is 10.2. The highest BCUT2D eigenvalue weighted by Crippen LogP contribution is 2.44. The van der Waals surface area contributed by atoms with Crippen molar-refractivity contribution in [3.63, 3.8) is 0 Å². The molecule has 0 spiro atoms. The molecule has 3 aromatic rings. The largest absolute Gasteiger partial charge is 0.495 e. The van der Waals surface area contributed by atoms with Crippen LogP contribution >= 0.6 is 23.2 Å². The summed E-state index contributed by atoms with van der Waals surface area (Å²) in [7, 11) is 4.47. The summed E-state index contributed by atoms with van der Waals surface area (Å²) in [6.45, 7) is 4.87. The van der Waals surface area contributed by atoms with Crippen molar-refractivity contribution in [2.45, 2.75) is 0 Å². The van der Waals surface area contributed by atoms with Gasteiger partial charge in [-0.05, 0) is 24.3 Å². The van der Waals surface area contributed by atoms with Crippen LogP contribution in [0.15, 0.2) is 42.7 Å². The molecule has 13 heteroatoms. The molecule has 39 heavy (non-hydrogen) atoms. The summed E-state index contributed by atoms with van der Waals surface area (Å²) in [5, 5.41) is 6.19. The maximum Gasteiger partial charge on any atom is 0.327 e. The van der Waals surface area contributed by atoms with Crippen LogP contribution in [0.25, 0.3) is 0 Å². The molecule has 208 valence electrons. The predicted octanol–water partition coefficient (Wildman–Crippen LogP) is 4.92. The molecule has 2 amide bonds. The Labute approximate surface area is 236 Å². The van der Waals surface area contributed by atoms with Gasteiger partial charge in [0.05, 0.1) is 33.1 Å². The first-order valence-electron chi connectivity index (χ1n) is 12.2. The van der Waals surface area contributed by atoms with Gasteiger partial charge >= 0.3 is 6.03 Å². The van der Waals surface area contributed by atoms with Crippen LogP contribution in [0.2, 0.25) is 10.0 Å². The van der Waals surface area contributed by atoms with Gasteiger partial charge in [0.25, 0.3) is 0 Å². The minimum atomic E-state index is -0.530. The maximum absolute atomic E-state index is 13.0. The number of ether oxygens (including phenoxy) is 4. The number of anilines is 4. The van der Waals surface area contributed by atoms with E-state index in [4.69, 9.17) is 42.1 Å². The number of amides is 2. The zero-order chi connectivity index (χ0) is 27.8. The standard InChI is InChI=1S/C26H30Cl2N6O5/c1-33(26(35)32-25-23(27)19(36-2)14-20(37-3)24(25)28)22-15-21(29-16-30-22)31-17-4-6-18(7-5-17)39-13-10-34-8-11-38-12-9-34/h4-7,14-16H,8-13H2,1-3H3,(H,32,35)(H,29,30,31). The van der Waals surface area contributed by atoms with E-state index in [1.54, 1.807) is 13.1 Å². The number of nitrogens with zero attached hydrogens (tertiary/aromatic N) is 4. The molecule has 1 saturated heterocycles. The SMILES string of the molecule is COc1cc(OC)c(Cl)c(NC(=O)N(C)c2cc(Nc3ccc(OCCN4CCOCC4)cc3)ncn2)c1Cl. The van der Waals surface area contributed by atoms with E-state index < -0.39 is 6.03 Å². The molecular weight excluding hydrogens is 547 g/mol. The number of carbonyl (C=O) groups is 1. The second kappa shape index (κ2) is 13.5. The monoisotopic (exact) mass is 576 g/mol. The predicted molar refractivity (Wildman–Crippen MR) is 151 cm³/mol. The normalized spacial score (nSPS) is 13.5. The molecule has 1 fully saturated rings. The summed E-state index contributed by atoms with van der Waals surface area (Å²) in [5.74, 6) is 2.23. The minimum absolute atomic E-state index is 0.142. The summed E-state index contributed by atoms with van der Waals surface area (Å²) < 4.78 is 21.7. The third-order valence-electron chi connectivity index (χ3n) is 6.01. The number of halogens is 2. The van der Waals surface area contributed by atoms with Crippen molar-refractivity contribution < 1.29 is 23.7 Å². The lowest BCUT2D eigenvalue weighted by Crippen LogP contribution is -2.38. The van der Waals surface area contributed by atoms with E-state index in [1.807, 2.05) is 24.3 Å². The van der Waals surface area contributed by atoms with E-state index >= 15 is 0 Å². The Bertz CT molecular complexity index is 1250. The molecule has 0 bridgehead atoms. The number of carbonyl (C=O) groups excluding carboxylic acids is 1. The van der Waals surface area contributed by atoms with Crippen molar-refractivity contribution in [2.24, 2.45) is 0 Å². The van der Waals surface area contributed by atoms with Crippen LogP contribution in [-0.2, 0) is 4.74 Å². The molecule has 0 saturated carbocycles. The van der Waals surface area contributed by atoms with Gasteiger partial charge in [-0.15, -0.1) is 0 Å². The van der Waals surface area contributed by atoms with E-state index in [0.29, 0.717) is 29.7 Å². The Kier molecular flexibility index (Phi) is 9.88. The van der Waals surface area contributed by atoms with Crippen LogP contribution < -0.4 is 29.7 Å². The summed E-state index contributed by atoms with van der Waals surface area (Å²) >= 11 is 12.8. The second-order valence-electron chi connectivity index (χ2n) is 8.49. The Morgan fingerprint density at radius 1 is 1.05 bits per heavy atom. The van der Waals surface area contributed by atoms with Crippen molar-refractivity contribution in [2.75, 3.05) is 76.3 Å². The third-order valence-corrected chi connectivity index (χ3v) is 6.76. The Balaban J connectivity index is 1.37. The highest BCUT2D eigenvalue weighted by Gasteiger charge is 2.22.